The number of aliphatic hydroxyl groups excluding tert-OH is 1. The van der Waals surface area contributed by atoms with E-state index in [1.807, 2.05) is 39.0 Å². The highest BCUT2D eigenvalue weighted by atomic mass is 35.5. The van der Waals surface area contributed by atoms with Crippen LogP contribution in [0.3, 0.4) is 0 Å². The Morgan fingerprint density at radius 2 is 1.69 bits per heavy atom. The number of piperazine rings is 1. The Morgan fingerprint density at radius 3 is 2.28 bits per heavy atom. The van der Waals surface area contributed by atoms with Crippen LogP contribution in [0.5, 0.6) is 5.75 Å². The Morgan fingerprint density at radius 1 is 0.985 bits per heavy atom. The first kappa shape index (κ1) is 49.6. The van der Waals surface area contributed by atoms with E-state index in [-0.39, 0.29) is 43.5 Å². The molecule has 4 aliphatic rings. The molecule has 4 N–H and O–H groups in total. The van der Waals surface area contributed by atoms with Gasteiger partial charge >= 0.3 is 0 Å². The van der Waals surface area contributed by atoms with Crippen molar-refractivity contribution in [2.24, 2.45) is 16.2 Å². The maximum atomic E-state index is 14.0. The van der Waals surface area contributed by atoms with Crippen molar-refractivity contribution in [3.8, 4) is 11.8 Å². The number of hydrogen-bond donors (Lipinski definition) is 4. The summed E-state index contributed by atoms with van der Waals surface area (Å²) in [5.41, 5.74) is 1.67. The van der Waals surface area contributed by atoms with E-state index in [0.29, 0.717) is 47.5 Å². The van der Waals surface area contributed by atoms with Crippen LogP contribution < -0.4 is 25.6 Å². The lowest BCUT2D eigenvalue weighted by Gasteiger charge is -2.63. The first-order valence-electron chi connectivity index (χ1n) is 23.6. The second-order valence-electron chi connectivity index (χ2n) is 20.9. The first-order valence-corrected chi connectivity index (χ1v) is 24.0. The fraction of sp³-hybridized carbons (Fsp3) is 0.569. The van der Waals surface area contributed by atoms with E-state index in [2.05, 4.69) is 76.6 Å². The average molecular weight is 940 g/mol. The summed E-state index contributed by atoms with van der Waals surface area (Å²) >= 11 is 6.25. The summed E-state index contributed by atoms with van der Waals surface area (Å²) in [7, 11) is 0. The molecule has 4 fully saturated rings. The number of rotatable bonds is 16. The summed E-state index contributed by atoms with van der Waals surface area (Å²) in [6, 6.07) is 17.1. The van der Waals surface area contributed by atoms with Gasteiger partial charge in [-0.3, -0.25) is 24.1 Å². The molecule has 0 bridgehead atoms. The van der Waals surface area contributed by atoms with Crippen molar-refractivity contribution < 1.29 is 33.8 Å². The van der Waals surface area contributed by atoms with Crippen LogP contribution in [0.2, 0.25) is 5.02 Å². The van der Waals surface area contributed by atoms with Crippen molar-refractivity contribution in [1.82, 2.24) is 30.7 Å². The lowest BCUT2D eigenvalue weighted by atomic mass is 9.49. The van der Waals surface area contributed by atoms with Gasteiger partial charge in [-0.15, -0.1) is 0 Å². The average Bonchev–Trinajstić information content (AvgIpc) is 3.68. The van der Waals surface area contributed by atoms with Crippen LogP contribution in [-0.2, 0) is 25.7 Å². The van der Waals surface area contributed by atoms with Crippen LogP contribution >= 0.6 is 11.6 Å². The quantitative estimate of drug-likeness (QED) is 0.134. The number of halogens is 1. The molecule has 2 saturated heterocycles. The maximum absolute atomic E-state index is 14.0. The zero-order valence-electron chi connectivity index (χ0n) is 39.9. The lowest BCUT2D eigenvalue weighted by Crippen LogP contribution is -2.74. The van der Waals surface area contributed by atoms with Gasteiger partial charge in [0, 0.05) is 81.4 Å². The zero-order chi connectivity index (χ0) is 48.3. The highest BCUT2D eigenvalue weighted by Gasteiger charge is 2.64. The van der Waals surface area contributed by atoms with E-state index in [4.69, 9.17) is 21.1 Å². The molecule has 2 aliphatic carbocycles. The molecule has 4 amide bonds. The number of anilines is 1. The number of nitrogens with zero attached hydrogens (tertiary/aromatic N) is 5. The Balaban J connectivity index is 0.819. The van der Waals surface area contributed by atoms with Gasteiger partial charge in [0.2, 0.25) is 17.7 Å². The molecule has 0 radical (unpaired) electrons. The zero-order valence-corrected chi connectivity index (χ0v) is 40.7. The van der Waals surface area contributed by atoms with Crippen molar-refractivity contribution in [2.75, 3.05) is 57.4 Å². The van der Waals surface area contributed by atoms with Gasteiger partial charge in [0.1, 0.15) is 42.4 Å². The van der Waals surface area contributed by atoms with Crippen LogP contribution in [0.25, 0.3) is 0 Å². The summed E-state index contributed by atoms with van der Waals surface area (Å²) in [5, 5.41) is 29.2. The fourth-order valence-electron chi connectivity index (χ4n) is 10.4. The number of β-amino-alcohol motifs (C(OH)–C–C–N with tert-alkyl or cyclic N) is 1. The maximum Gasteiger partial charge on any atom is 0.253 e. The number of ether oxygens (including phenoxy) is 2. The minimum atomic E-state index is -0.939. The van der Waals surface area contributed by atoms with Crippen LogP contribution in [0.1, 0.15) is 107 Å². The highest BCUT2D eigenvalue weighted by molar-refractivity contribution is 6.31. The number of amides is 4. The topological polar surface area (TPSA) is 189 Å². The summed E-state index contributed by atoms with van der Waals surface area (Å²) in [6.45, 7) is 17.8. The SMILES string of the molecule is CC(C)(C)C(NC(=O)COCCN1CCN(c2ccc(C(=O)NC3C(C)(C)C(Oc4ccc(C#N)c(Cl)c4)C3(C)C)cn2)CC1)C(=O)N1C[C@H](O)C[C@H]1C(=O)NCc1ccc(C2CCC2)cc1. The molecule has 7 rings (SSSR count). The predicted octanol–water partition coefficient (Wildman–Crippen LogP) is 5.43. The Bertz CT molecular complexity index is 2280. The predicted molar refractivity (Wildman–Crippen MR) is 255 cm³/mol. The molecule has 2 aromatic carbocycles. The van der Waals surface area contributed by atoms with Crippen LogP contribution in [0.4, 0.5) is 5.82 Å². The fourth-order valence-corrected chi connectivity index (χ4v) is 10.6. The number of benzene rings is 2. The summed E-state index contributed by atoms with van der Waals surface area (Å²) in [5.74, 6) is 0.594. The smallest absolute Gasteiger partial charge is 0.253 e. The van der Waals surface area contributed by atoms with Gasteiger partial charge in [0.15, 0.2) is 0 Å². The molecular weight excluding hydrogens is 872 g/mol. The molecule has 67 heavy (non-hydrogen) atoms. The van der Waals surface area contributed by atoms with Crippen LogP contribution in [0, 0.1) is 27.6 Å². The highest BCUT2D eigenvalue weighted by Crippen LogP contribution is 2.55. The van der Waals surface area contributed by atoms with Gasteiger partial charge in [0.25, 0.3) is 5.91 Å². The van der Waals surface area contributed by atoms with Crippen LogP contribution in [-0.4, -0.2) is 126 Å². The monoisotopic (exact) mass is 938 g/mol. The number of aliphatic hydroxyl groups is 1. The number of hydrogen-bond acceptors (Lipinski definition) is 11. The van der Waals surface area contributed by atoms with Crippen molar-refractivity contribution in [2.45, 2.75) is 117 Å². The molecule has 1 unspecified atom stereocenters. The number of aromatic nitrogens is 1. The van der Waals surface area contributed by atoms with E-state index in [0.717, 1.165) is 37.6 Å². The first-order chi connectivity index (χ1) is 31.8. The number of nitriles is 1. The van der Waals surface area contributed by atoms with Crippen LogP contribution in [0.15, 0.2) is 60.8 Å². The summed E-state index contributed by atoms with van der Waals surface area (Å²) in [4.78, 5) is 64.6. The van der Waals surface area contributed by atoms with E-state index in [9.17, 15) is 29.5 Å². The standard InChI is InChI=1S/C51H67ClN8O7/c1-49(2,3)43(46(65)60-30-37(61)25-40(60)45(64)55-28-32-11-13-34(14-12-32)33-9-8-10-33)56-42(62)31-66-24-23-58-19-21-59(22-20-58)41-18-16-36(29-54-41)44(63)57-47-50(4,5)48(51(47,6)7)67-38-17-15-35(27-53)39(52)26-38/h11-18,26,29,33,37,40,43,47-48,61H,8-10,19-25,28,30-31H2,1-7H3,(H,55,64)(H,56,62)(H,57,63)/t37-,40+,43?,47?,48?/m1/s1. The number of likely N-dealkylation sites (tertiary alicyclic amines) is 1. The van der Waals surface area contributed by atoms with Crippen molar-refractivity contribution in [1.29, 1.82) is 5.26 Å². The van der Waals surface area contributed by atoms with E-state index < -0.39 is 46.2 Å². The van der Waals surface area contributed by atoms with E-state index in [1.165, 1.54) is 29.7 Å². The number of carbonyl (C=O) groups is 4. The van der Waals surface area contributed by atoms with Crippen molar-refractivity contribution >= 4 is 41.0 Å². The molecule has 0 spiro atoms. The minimum absolute atomic E-state index is 0.00762. The van der Waals surface area contributed by atoms with Gasteiger partial charge < -0.3 is 40.3 Å². The second-order valence-corrected chi connectivity index (χ2v) is 21.3. The van der Waals surface area contributed by atoms with Gasteiger partial charge in [-0.25, -0.2) is 4.98 Å². The molecule has 15 nitrogen and oxygen atoms in total. The third-order valence-corrected chi connectivity index (χ3v) is 14.5. The third-order valence-electron chi connectivity index (χ3n) is 14.2. The molecule has 16 heteroatoms. The second kappa shape index (κ2) is 20.5. The van der Waals surface area contributed by atoms with E-state index >= 15 is 0 Å². The molecule has 360 valence electrons. The van der Waals surface area contributed by atoms with E-state index in [1.54, 1.807) is 30.5 Å². The summed E-state index contributed by atoms with van der Waals surface area (Å²) in [6.07, 6.45) is 4.37. The molecule has 2 saturated carbocycles. The van der Waals surface area contributed by atoms with Gasteiger partial charge in [-0.1, -0.05) is 90.8 Å². The summed E-state index contributed by atoms with van der Waals surface area (Å²) < 4.78 is 12.2. The Hall–Kier alpha value is -5.27. The molecule has 3 heterocycles. The molecular formula is C51H67ClN8O7. The molecule has 3 aromatic rings. The third kappa shape index (κ3) is 11.4. The Kier molecular flexibility index (Phi) is 15.2. The molecule has 1 aromatic heterocycles. The normalized spacial score (nSPS) is 23.0. The van der Waals surface area contributed by atoms with Crippen molar-refractivity contribution in [3.63, 3.8) is 0 Å². The number of pyridine rings is 1. The lowest BCUT2D eigenvalue weighted by molar-refractivity contribution is -0.164. The number of nitrogens with one attached hydrogen (secondary N) is 3. The van der Waals surface area contributed by atoms with Crippen molar-refractivity contribution in [3.05, 3.63) is 88.1 Å². The van der Waals surface area contributed by atoms with Gasteiger partial charge in [-0.2, -0.15) is 5.26 Å². The molecule has 2 aliphatic heterocycles. The Labute approximate surface area is 399 Å². The number of carbonyl (C=O) groups excluding carboxylic acids is 4. The molecule has 3 atom stereocenters. The minimum Gasteiger partial charge on any atom is -0.489 e. The largest absolute Gasteiger partial charge is 0.489 e. The van der Waals surface area contributed by atoms with Gasteiger partial charge in [-0.05, 0) is 59.6 Å². The van der Waals surface area contributed by atoms with Gasteiger partial charge in [0.05, 0.1) is 28.9 Å².